The number of piperazine rings is 1. The summed E-state index contributed by atoms with van der Waals surface area (Å²) in [6.07, 6.45) is 4.56. The Hall–Kier alpha value is -0.160. The van der Waals surface area contributed by atoms with Crippen LogP contribution >= 0.6 is 0 Å². The van der Waals surface area contributed by atoms with Gasteiger partial charge in [0.25, 0.3) is 0 Å². The largest absolute Gasteiger partial charge is 0.396 e. The fourth-order valence-corrected chi connectivity index (χ4v) is 2.52. The number of β-amino-alcohol motifs (C(OH)–C–C–N with tert-alkyl or cyclic N) is 1. The van der Waals surface area contributed by atoms with Crippen molar-refractivity contribution in [3.05, 3.63) is 0 Å². The van der Waals surface area contributed by atoms with E-state index in [1.165, 1.54) is 19.4 Å². The lowest BCUT2D eigenvalue weighted by molar-refractivity contribution is 0.0176. The molecule has 4 nitrogen and oxygen atoms in total. The molecule has 0 bridgehead atoms. The van der Waals surface area contributed by atoms with Gasteiger partial charge in [-0.3, -0.25) is 4.90 Å². The maximum absolute atomic E-state index is 9.78. The predicted octanol–water partition coefficient (Wildman–Crippen LogP) is 0.928. The average molecular weight is 258 g/mol. The number of hydrogen-bond donors (Lipinski definition) is 2. The molecule has 1 saturated heterocycles. The molecule has 108 valence electrons. The zero-order valence-electron chi connectivity index (χ0n) is 12.1. The van der Waals surface area contributed by atoms with E-state index in [9.17, 15) is 5.11 Å². The highest BCUT2D eigenvalue weighted by molar-refractivity contribution is 4.77. The first-order valence-corrected chi connectivity index (χ1v) is 7.29. The molecule has 0 aromatic heterocycles. The third-order valence-electron chi connectivity index (χ3n) is 3.46. The Morgan fingerprint density at radius 3 is 2.00 bits per heavy atom. The summed E-state index contributed by atoms with van der Waals surface area (Å²) in [5.41, 5.74) is -0.577. The molecule has 0 radical (unpaired) electrons. The van der Waals surface area contributed by atoms with Crippen LogP contribution in [0.4, 0.5) is 0 Å². The molecule has 18 heavy (non-hydrogen) atoms. The normalized spacial score (nSPS) is 19.3. The van der Waals surface area contributed by atoms with Crippen molar-refractivity contribution in [2.75, 3.05) is 45.9 Å². The van der Waals surface area contributed by atoms with Gasteiger partial charge in [0.1, 0.15) is 0 Å². The molecule has 1 heterocycles. The van der Waals surface area contributed by atoms with Crippen LogP contribution in [0.2, 0.25) is 0 Å². The van der Waals surface area contributed by atoms with Crippen LogP contribution in [0.15, 0.2) is 0 Å². The Bertz CT molecular complexity index is 208. The van der Waals surface area contributed by atoms with Gasteiger partial charge in [-0.2, -0.15) is 0 Å². The second-order valence-corrected chi connectivity index (χ2v) is 6.07. The highest BCUT2D eigenvalue weighted by Crippen LogP contribution is 2.09. The van der Waals surface area contributed by atoms with Crippen LogP contribution in [0.1, 0.15) is 39.5 Å². The first kappa shape index (κ1) is 15.9. The average Bonchev–Trinajstić information content (AvgIpc) is 2.29. The number of nitrogens with zero attached hydrogens (tertiary/aromatic N) is 2. The van der Waals surface area contributed by atoms with Crippen molar-refractivity contribution in [2.45, 2.75) is 45.1 Å². The van der Waals surface area contributed by atoms with E-state index in [0.717, 1.165) is 45.6 Å². The van der Waals surface area contributed by atoms with Gasteiger partial charge in [-0.1, -0.05) is 12.8 Å². The third-order valence-corrected chi connectivity index (χ3v) is 3.46. The van der Waals surface area contributed by atoms with Crippen molar-refractivity contribution in [3.8, 4) is 0 Å². The number of aliphatic hydroxyl groups is 2. The SMILES string of the molecule is CC(C)(O)CN1CCN(CCCCCCO)CC1. The second-order valence-electron chi connectivity index (χ2n) is 6.07. The highest BCUT2D eigenvalue weighted by atomic mass is 16.3. The van der Waals surface area contributed by atoms with Crippen LogP contribution < -0.4 is 0 Å². The molecule has 0 aromatic carbocycles. The van der Waals surface area contributed by atoms with Crippen LogP contribution in [0.5, 0.6) is 0 Å². The Balaban J connectivity index is 2.05. The van der Waals surface area contributed by atoms with Crippen molar-refractivity contribution in [2.24, 2.45) is 0 Å². The monoisotopic (exact) mass is 258 g/mol. The molecule has 0 saturated carbocycles. The number of unbranched alkanes of at least 4 members (excludes halogenated alkanes) is 3. The summed E-state index contributed by atoms with van der Waals surface area (Å²) in [4.78, 5) is 4.86. The summed E-state index contributed by atoms with van der Waals surface area (Å²) in [5.74, 6) is 0. The molecule has 0 atom stereocenters. The predicted molar refractivity (Wildman–Crippen MR) is 74.7 cm³/mol. The molecule has 1 aliphatic rings. The molecule has 0 spiro atoms. The summed E-state index contributed by atoms with van der Waals surface area (Å²) in [7, 11) is 0. The zero-order chi connectivity index (χ0) is 13.4. The van der Waals surface area contributed by atoms with Crippen LogP contribution in [-0.4, -0.2) is 71.5 Å². The maximum atomic E-state index is 9.78. The van der Waals surface area contributed by atoms with Crippen molar-refractivity contribution in [3.63, 3.8) is 0 Å². The van der Waals surface area contributed by atoms with Crippen molar-refractivity contribution in [1.29, 1.82) is 0 Å². The van der Waals surface area contributed by atoms with E-state index in [-0.39, 0.29) is 0 Å². The summed E-state index contributed by atoms with van der Waals surface area (Å²) in [5, 5.41) is 18.5. The standard InChI is InChI=1S/C14H30N2O2/c1-14(2,18)13-16-10-8-15(9-11-16)7-5-3-4-6-12-17/h17-18H,3-13H2,1-2H3. The minimum Gasteiger partial charge on any atom is -0.396 e. The van der Waals surface area contributed by atoms with Gasteiger partial charge < -0.3 is 15.1 Å². The van der Waals surface area contributed by atoms with Crippen molar-refractivity contribution < 1.29 is 10.2 Å². The Kier molecular flexibility index (Phi) is 7.15. The van der Waals surface area contributed by atoms with Gasteiger partial charge in [0, 0.05) is 39.3 Å². The highest BCUT2D eigenvalue weighted by Gasteiger charge is 2.22. The van der Waals surface area contributed by atoms with Gasteiger partial charge in [-0.05, 0) is 33.2 Å². The number of aliphatic hydroxyl groups excluding tert-OH is 1. The van der Waals surface area contributed by atoms with E-state index in [1.54, 1.807) is 0 Å². The van der Waals surface area contributed by atoms with E-state index in [1.807, 2.05) is 13.8 Å². The van der Waals surface area contributed by atoms with Gasteiger partial charge in [0.2, 0.25) is 0 Å². The Morgan fingerprint density at radius 1 is 0.889 bits per heavy atom. The summed E-state index contributed by atoms with van der Waals surface area (Å²) in [6.45, 7) is 10.4. The Morgan fingerprint density at radius 2 is 1.44 bits per heavy atom. The molecule has 0 aliphatic carbocycles. The molecular weight excluding hydrogens is 228 g/mol. The third kappa shape index (κ3) is 7.31. The Labute approximate surface area is 112 Å². The second kappa shape index (κ2) is 8.10. The van der Waals surface area contributed by atoms with E-state index >= 15 is 0 Å². The van der Waals surface area contributed by atoms with Crippen LogP contribution in [0.3, 0.4) is 0 Å². The molecule has 0 amide bonds. The maximum Gasteiger partial charge on any atom is 0.0718 e. The zero-order valence-corrected chi connectivity index (χ0v) is 12.1. The van der Waals surface area contributed by atoms with Gasteiger partial charge in [-0.25, -0.2) is 0 Å². The number of hydrogen-bond acceptors (Lipinski definition) is 4. The first-order valence-electron chi connectivity index (χ1n) is 7.29. The topological polar surface area (TPSA) is 46.9 Å². The van der Waals surface area contributed by atoms with Crippen LogP contribution in [-0.2, 0) is 0 Å². The lowest BCUT2D eigenvalue weighted by atomic mass is 10.1. The number of rotatable bonds is 8. The quantitative estimate of drug-likeness (QED) is 0.636. The summed E-state index contributed by atoms with van der Waals surface area (Å²) >= 11 is 0. The molecule has 1 aliphatic heterocycles. The molecule has 0 aromatic rings. The fraction of sp³-hybridized carbons (Fsp3) is 1.00. The molecule has 2 N–H and O–H groups in total. The molecule has 1 fully saturated rings. The lowest BCUT2D eigenvalue weighted by Gasteiger charge is -2.37. The van der Waals surface area contributed by atoms with Gasteiger partial charge >= 0.3 is 0 Å². The molecule has 1 rings (SSSR count). The molecule has 4 heteroatoms. The fourth-order valence-electron chi connectivity index (χ4n) is 2.52. The smallest absolute Gasteiger partial charge is 0.0718 e. The van der Waals surface area contributed by atoms with E-state index in [2.05, 4.69) is 9.80 Å². The van der Waals surface area contributed by atoms with E-state index in [0.29, 0.717) is 6.61 Å². The van der Waals surface area contributed by atoms with Crippen molar-refractivity contribution in [1.82, 2.24) is 9.80 Å². The molecular formula is C14H30N2O2. The van der Waals surface area contributed by atoms with Gasteiger partial charge in [0.05, 0.1) is 5.60 Å². The first-order chi connectivity index (χ1) is 8.51. The van der Waals surface area contributed by atoms with Crippen LogP contribution in [0.25, 0.3) is 0 Å². The van der Waals surface area contributed by atoms with E-state index in [4.69, 9.17) is 5.11 Å². The lowest BCUT2D eigenvalue weighted by Crippen LogP contribution is -2.50. The minimum absolute atomic E-state index is 0.329. The summed E-state index contributed by atoms with van der Waals surface area (Å²) in [6, 6.07) is 0. The minimum atomic E-state index is -0.577. The van der Waals surface area contributed by atoms with Crippen molar-refractivity contribution >= 4 is 0 Å². The van der Waals surface area contributed by atoms with Gasteiger partial charge in [-0.15, -0.1) is 0 Å². The van der Waals surface area contributed by atoms with Crippen LogP contribution in [0, 0.1) is 0 Å². The molecule has 0 unspecified atom stereocenters. The van der Waals surface area contributed by atoms with E-state index < -0.39 is 5.60 Å². The summed E-state index contributed by atoms with van der Waals surface area (Å²) < 4.78 is 0. The van der Waals surface area contributed by atoms with Gasteiger partial charge in [0.15, 0.2) is 0 Å².